The molecule has 1 aromatic rings. The van der Waals surface area contributed by atoms with Crippen LogP contribution in [0.1, 0.15) is 18.1 Å². The van der Waals surface area contributed by atoms with Gasteiger partial charge in [0.15, 0.2) is 0 Å². The van der Waals surface area contributed by atoms with Gasteiger partial charge in [-0.3, -0.25) is 0 Å². The zero-order valence-corrected chi connectivity index (χ0v) is 6.75. The average Bonchev–Trinajstić information content (AvgIpc) is 2.06. The minimum atomic E-state index is 0.136. The Balaban J connectivity index is 2.74. The first-order chi connectivity index (χ1) is 5.36. The Kier molecular flexibility index (Phi) is 3.12. The van der Waals surface area contributed by atoms with Crippen LogP contribution in [0.25, 0.3) is 0 Å². The molecule has 0 aliphatic heterocycles. The molecule has 1 N–H and O–H groups in total. The van der Waals surface area contributed by atoms with E-state index in [-0.39, 0.29) is 6.61 Å². The first-order valence-corrected chi connectivity index (χ1v) is 3.83. The molecule has 1 radical (unpaired) electrons. The van der Waals surface area contributed by atoms with Crippen molar-refractivity contribution in [1.29, 1.82) is 0 Å². The molecule has 0 unspecified atom stereocenters. The molecule has 0 atom stereocenters. The van der Waals surface area contributed by atoms with E-state index in [1.807, 2.05) is 25.1 Å². The molecule has 0 spiro atoms. The van der Waals surface area contributed by atoms with Gasteiger partial charge >= 0.3 is 0 Å². The van der Waals surface area contributed by atoms with Crippen molar-refractivity contribution in [2.75, 3.05) is 0 Å². The second-order valence-electron chi connectivity index (χ2n) is 2.59. The van der Waals surface area contributed by atoms with Gasteiger partial charge in [-0.15, -0.1) is 0 Å². The van der Waals surface area contributed by atoms with E-state index in [4.69, 9.17) is 5.11 Å². The summed E-state index contributed by atoms with van der Waals surface area (Å²) in [6, 6.07) is 8.00. The minimum Gasteiger partial charge on any atom is -0.392 e. The molecule has 1 aromatic carbocycles. The predicted octanol–water partition coefficient (Wildman–Crippen LogP) is 1.95. The second-order valence-corrected chi connectivity index (χ2v) is 2.59. The van der Waals surface area contributed by atoms with E-state index in [1.54, 1.807) is 0 Å². The van der Waals surface area contributed by atoms with Crippen molar-refractivity contribution < 1.29 is 5.11 Å². The lowest BCUT2D eigenvalue weighted by atomic mass is 10.1. The van der Waals surface area contributed by atoms with E-state index in [1.165, 1.54) is 5.56 Å². The molecule has 0 bridgehead atoms. The van der Waals surface area contributed by atoms with Crippen LogP contribution in [0.2, 0.25) is 0 Å². The van der Waals surface area contributed by atoms with Crippen LogP contribution in [0.15, 0.2) is 24.3 Å². The first-order valence-electron chi connectivity index (χ1n) is 3.83. The smallest absolute Gasteiger partial charge is 0.0681 e. The Labute approximate surface area is 67.7 Å². The van der Waals surface area contributed by atoms with Gasteiger partial charge < -0.3 is 5.11 Å². The second kappa shape index (κ2) is 4.14. The van der Waals surface area contributed by atoms with E-state index in [2.05, 4.69) is 12.5 Å². The standard InChI is InChI=1S/C10H13O/c1-2-4-9-5-3-6-10(7-9)8-11/h2-3,5-7,11H,4,8H2,1H3. The molecule has 0 heterocycles. The Bertz CT molecular complexity index is 218. The Morgan fingerprint density at radius 1 is 1.36 bits per heavy atom. The molecule has 1 rings (SSSR count). The van der Waals surface area contributed by atoms with Crippen molar-refractivity contribution >= 4 is 0 Å². The van der Waals surface area contributed by atoms with Crippen LogP contribution < -0.4 is 0 Å². The highest BCUT2D eigenvalue weighted by molar-refractivity contribution is 5.23. The van der Waals surface area contributed by atoms with Crippen LogP contribution in [-0.4, -0.2) is 5.11 Å². The highest BCUT2D eigenvalue weighted by Gasteiger charge is 1.92. The number of aliphatic hydroxyl groups excluding tert-OH is 1. The van der Waals surface area contributed by atoms with Crippen molar-refractivity contribution in [2.45, 2.75) is 20.0 Å². The van der Waals surface area contributed by atoms with Crippen molar-refractivity contribution in [3.63, 3.8) is 0 Å². The van der Waals surface area contributed by atoms with E-state index < -0.39 is 0 Å². The van der Waals surface area contributed by atoms with Crippen LogP contribution in [0.4, 0.5) is 0 Å². The fraction of sp³-hybridized carbons (Fsp3) is 0.300. The van der Waals surface area contributed by atoms with E-state index in [0.717, 1.165) is 12.0 Å². The quantitative estimate of drug-likeness (QED) is 0.696. The highest BCUT2D eigenvalue weighted by Crippen LogP contribution is 2.06. The van der Waals surface area contributed by atoms with Gasteiger partial charge in [-0.2, -0.15) is 0 Å². The molecule has 0 fully saturated rings. The topological polar surface area (TPSA) is 20.2 Å². The third kappa shape index (κ3) is 2.35. The van der Waals surface area contributed by atoms with Gasteiger partial charge in [-0.1, -0.05) is 31.2 Å². The molecule has 0 aliphatic rings. The maximum absolute atomic E-state index is 8.82. The summed E-state index contributed by atoms with van der Waals surface area (Å²) in [6.45, 7) is 2.17. The molecular formula is C10H13O. The molecular weight excluding hydrogens is 136 g/mol. The van der Waals surface area contributed by atoms with Crippen molar-refractivity contribution in [1.82, 2.24) is 0 Å². The number of benzene rings is 1. The molecule has 1 nitrogen and oxygen atoms in total. The maximum Gasteiger partial charge on any atom is 0.0681 e. The molecule has 11 heavy (non-hydrogen) atoms. The lowest BCUT2D eigenvalue weighted by Gasteiger charge is -2.00. The highest BCUT2D eigenvalue weighted by atomic mass is 16.3. The van der Waals surface area contributed by atoms with E-state index >= 15 is 0 Å². The minimum absolute atomic E-state index is 0.136. The van der Waals surface area contributed by atoms with Gasteiger partial charge in [-0.25, -0.2) is 0 Å². The summed E-state index contributed by atoms with van der Waals surface area (Å²) in [7, 11) is 0. The summed E-state index contributed by atoms with van der Waals surface area (Å²) in [5, 5.41) is 8.82. The van der Waals surface area contributed by atoms with Crippen molar-refractivity contribution in [3.05, 3.63) is 41.8 Å². The Morgan fingerprint density at radius 3 is 2.73 bits per heavy atom. The lowest BCUT2D eigenvalue weighted by Crippen LogP contribution is -1.87. The maximum atomic E-state index is 8.82. The summed E-state index contributed by atoms with van der Waals surface area (Å²) >= 11 is 0. The summed E-state index contributed by atoms with van der Waals surface area (Å²) in [5.74, 6) is 0. The van der Waals surface area contributed by atoms with Crippen molar-refractivity contribution in [2.24, 2.45) is 0 Å². The summed E-state index contributed by atoms with van der Waals surface area (Å²) in [5.41, 5.74) is 2.25. The molecule has 1 heteroatoms. The summed E-state index contributed by atoms with van der Waals surface area (Å²) in [4.78, 5) is 0. The zero-order valence-electron chi connectivity index (χ0n) is 6.75. The van der Waals surface area contributed by atoms with E-state index in [0.29, 0.717) is 0 Å². The van der Waals surface area contributed by atoms with Crippen LogP contribution in [0.3, 0.4) is 0 Å². The van der Waals surface area contributed by atoms with Gasteiger partial charge in [0.2, 0.25) is 0 Å². The van der Waals surface area contributed by atoms with E-state index in [9.17, 15) is 0 Å². The Hall–Kier alpha value is -0.820. The largest absolute Gasteiger partial charge is 0.392 e. The van der Waals surface area contributed by atoms with Gasteiger partial charge in [0.25, 0.3) is 0 Å². The third-order valence-corrected chi connectivity index (χ3v) is 1.61. The van der Waals surface area contributed by atoms with Crippen LogP contribution in [-0.2, 0) is 13.0 Å². The molecule has 0 saturated heterocycles. The van der Waals surface area contributed by atoms with Crippen molar-refractivity contribution in [3.8, 4) is 0 Å². The fourth-order valence-electron chi connectivity index (χ4n) is 1.09. The van der Waals surface area contributed by atoms with Crippen LogP contribution in [0.5, 0.6) is 0 Å². The van der Waals surface area contributed by atoms with Gasteiger partial charge in [0.1, 0.15) is 0 Å². The number of rotatable bonds is 3. The third-order valence-electron chi connectivity index (χ3n) is 1.61. The number of aliphatic hydroxyl groups is 1. The monoisotopic (exact) mass is 149 g/mol. The average molecular weight is 149 g/mol. The molecule has 0 aromatic heterocycles. The van der Waals surface area contributed by atoms with Gasteiger partial charge in [-0.05, 0) is 24.0 Å². The normalized spacial score (nSPS) is 10.0. The molecule has 0 amide bonds. The Morgan fingerprint density at radius 2 is 2.09 bits per heavy atom. The predicted molar refractivity (Wildman–Crippen MR) is 46.0 cm³/mol. The first kappa shape index (κ1) is 8.28. The molecule has 59 valence electrons. The molecule has 0 saturated carbocycles. The van der Waals surface area contributed by atoms with Gasteiger partial charge in [0.05, 0.1) is 6.61 Å². The number of hydrogen-bond donors (Lipinski definition) is 1. The SMILES string of the molecule is C[CH]Cc1cccc(CO)c1. The van der Waals surface area contributed by atoms with Gasteiger partial charge in [0, 0.05) is 0 Å². The van der Waals surface area contributed by atoms with Crippen LogP contribution in [0, 0.1) is 6.42 Å². The summed E-state index contributed by atoms with van der Waals surface area (Å²) < 4.78 is 0. The lowest BCUT2D eigenvalue weighted by molar-refractivity contribution is 0.281. The summed E-state index contributed by atoms with van der Waals surface area (Å²) in [6.07, 6.45) is 3.09. The molecule has 0 aliphatic carbocycles. The number of hydrogen-bond acceptors (Lipinski definition) is 1. The fourth-order valence-corrected chi connectivity index (χ4v) is 1.09. The van der Waals surface area contributed by atoms with Crippen LogP contribution >= 0.6 is 0 Å². The zero-order chi connectivity index (χ0) is 8.10.